The molecule has 0 aromatic carbocycles. The summed E-state index contributed by atoms with van der Waals surface area (Å²) < 4.78 is 17.7. The van der Waals surface area contributed by atoms with Gasteiger partial charge in [-0.3, -0.25) is 0 Å². The molecule has 1 aliphatic heterocycles. The van der Waals surface area contributed by atoms with Crippen molar-refractivity contribution in [3.8, 4) is 0 Å². The maximum absolute atomic E-state index is 12.2. The van der Waals surface area contributed by atoms with E-state index in [4.69, 9.17) is 14.0 Å². The van der Waals surface area contributed by atoms with Crippen molar-refractivity contribution in [2.24, 2.45) is 0 Å². The second kappa shape index (κ2) is 7.50. The highest BCUT2D eigenvalue weighted by Crippen LogP contribution is 2.38. The van der Waals surface area contributed by atoms with Crippen molar-refractivity contribution >= 4 is 30.3 Å². The van der Waals surface area contributed by atoms with Crippen LogP contribution in [0.5, 0.6) is 0 Å². The van der Waals surface area contributed by atoms with Gasteiger partial charge in [-0.25, -0.2) is 9.78 Å². The average Bonchev–Trinajstić information content (AvgIpc) is 3.11. The van der Waals surface area contributed by atoms with Crippen LogP contribution in [0.3, 0.4) is 0 Å². The number of nitrogens with one attached hydrogen (secondary N) is 2. The molecular weight excluding hydrogens is 369 g/mol. The Hall–Kier alpha value is -2.32. The molecule has 2 aromatic rings. The van der Waals surface area contributed by atoms with E-state index in [-0.39, 0.29) is 6.54 Å². The Kier molecular flexibility index (Phi) is 5.53. The zero-order valence-corrected chi connectivity index (χ0v) is 18.3. The van der Waals surface area contributed by atoms with Gasteiger partial charge >= 0.3 is 13.2 Å². The van der Waals surface area contributed by atoms with Crippen LogP contribution in [0.15, 0.2) is 30.0 Å². The third-order valence-corrected chi connectivity index (χ3v) is 5.17. The molecule has 2 aromatic heterocycles. The van der Waals surface area contributed by atoms with Crippen LogP contribution in [0.25, 0.3) is 17.1 Å². The molecule has 1 aliphatic rings. The Bertz CT molecular complexity index is 911. The second-order valence-corrected chi connectivity index (χ2v) is 9.35. The lowest BCUT2D eigenvalue weighted by atomic mass is 9.77. The Morgan fingerprint density at radius 1 is 1.28 bits per heavy atom. The van der Waals surface area contributed by atoms with E-state index < -0.39 is 30.0 Å². The summed E-state index contributed by atoms with van der Waals surface area (Å²) in [5.74, 6) is 0. The molecule has 3 heterocycles. The van der Waals surface area contributed by atoms with Gasteiger partial charge in [0.15, 0.2) is 0 Å². The zero-order chi connectivity index (χ0) is 21.4. The van der Waals surface area contributed by atoms with Gasteiger partial charge in [-0.05, 0) is 71.6 Å². The summed E-state index contributed by atoms with van der Waals surface area (Å²) in [6, 6.07) is 3.99. The number of ether oxygens (including phenoxy) is 1. The molecule has 0 spiro atoms. The topological polar surface area (TPSA) is 85.5 Å². The molecule has 8 heteroatoms. The molecule has 0 bridgehead atoms. The Morgan fingerprint density at radius 2 is 1.93 bits per heavy atom. The highest BCUT2D eigenvalue weighted by Gasteiger charge is 2.52. The first-order valence-corrected chi connectivity index (χ1v) is 9.82. The molecule has 1 saturated heterocycles. The number of hydrogen-bond acceptors (Lipinski definition) is 5. The highest BCUT2D eigenvalue weighted by atomic mass is 16.7. The molecule has 0 aliphatic carbocycles. The number of alkyl carbamates (subject to hydrolysis) is 1. The molecule has 29 heavy (non-hydrogen) atoms. The number of rotatable bonds is 4. The Labute approximate surface area is 172 Å². The van der Waals surface area contributed by atoms with E-state index >= 15 is 0 Å². The molecular formula is C21H30BN3O4. The number of amides is 1. The van der Waals surface area contributed by atoms with Gasteiger partial charge in [-0.1, -0.05) is 6.08 Å². The molecule has 156 valence electrons. The minimum Gasteiger partial charge on any atom is -0.444 e. The number of fused-ring (bicyclic) bond motifs is 1. The minimum absolute atomic E-state index is 0.233. The van der Waals surface area contributed by atoms with Crippen molar-refractivity contribution in [2.75, 3.05) is 6.54 Å². The van der Waals surface area contributed by atoms with E-state index in [1.807, 2.05) is 72.9 Å². The summed E-state index contributed by atoms with van der Waals surface area (Å²) >= 11 is 0. The summed E-state index contributed by atoms with van der Waals surface area (Å²) in [5.41, 5.74) is 0.976. The quantitative estimate of drug-likeness (QED) is 0.756. The van der Waals surface area contributed by atoms with E-state index in [0.29, 0.717) is 0 Å². The first-order chi connectivity index (χ1) is 13.4. The van der Waals surface area contributed by atoms with Crippen molar-refractivity contribution in [3.63, 3.8) is 0 Å². The van der Waals surface area contributed by atoms with Crippen LogP contribution in [0.4, 0.5) is 4.79 Å². The smallest absolute Gasteiger partial charge is 0.444 e. The predicted octanol–water partition coefficient (Wildman–Crippen LogP) is 4.10. The largest absolute Gasteiger partial charge is 0.492 e. The number of carbonyl (C=O) groups excluding carboxylic acids is 1. The monoisotopic (exact) mass is 399 g/mol. The fourth-order valence-electron chi connectivity index (χ4n) is 2.94. The predicted molar refractivity (Wildman–Crippen MR) is 114 cm³/mol. The van der Waals surface area contributed by atoms with Gasteiger partial charge in [0.1, 0.15) is 11.2 Å². The number of aromatic amines is 1. The van der Waals surface area contributed by atoms with E-state index in [1.54, 1.807) is 6.20 Å². The fraction of sp³-hybridized carbons (Fsp3) is 0.524. The van der Waals surface area contributed by atoms with Gasteiger partial charge in [-0.15, -0.1) is 0 Å². The molecule has 0 atom stereocenters. The lowest BCUT2D eigenvalue weighted by molar-refractivity contribution is 0.00578. The van der Waals surface area contributed by atoms with Crippen molar-refractivity contribution in [3.05, 3.63) is 35.6 Å². The zero-order valence-electron chi connectivity index (χ0n) is 18.3. The third kappa shape index (κ3) is 5.00. The second-order valence-electron chi connectivity index (χ2n) is 9.35. The summed E-state index contributed by atoms with van der Waals surface area (Å²) in [5, 5.41) is 3.81. The first kappa shape index (κ1) is 21.4. The number of aromatic nitrogens is 2. The van der Waals surface area contributed by atoms with Gasteiger partial charge in [0, 0.05) is 24.3 Å². The van der Waals surface area contributed by atoms with Crippen LogP contribution in [0, 0.1) is 0 Å². The van der Waals surface area contributed by atoms with Crippen molar-refractivity contribution < 1.29 is 18.8 Å². The number of H-pyrrole nitrogens is 1. The standard InChI is InChI=1S/C21H30BN3O4/c1-19(2,3)27-18(26)25-13-16(22-28-20(4,5)21(6,7)29-22)11-14-10-15-8-9-23-17(15)24-12-14/h8-12H,13H2,1-7H3,(H,23,24)(H,25,26). The van der Waals surface area contributed by atoms with Crippen molar-refractivity contribution in [2.45, 2.75) is 65.3 Å². The summed E-state index contributed by atoms with van der Waals surface area (Å²) in [7, 11) is -0.586. The van der Waals surface area contributed by atoms with E-state index in [0.717, 1.165) is 22.1 Å². The van der Waals surface area contributed by atoms with Crippen LogP contribution in [0.2, 0.25) is 0 Å². The molecule has 1 amide bonds. The van der Waals surface area contributed by atoms with Crippen LogP contribution >= 0.6 is 0 Å². The van der Waals surface area contributed by atoms with E-state index in [1.165, 1.54) is 0 Å². The average molecular weight is 399 g/mol. The first-order valence-electron chi connectivity index (χ1n) is 9.82. The lowest BCUT2D eigenvalue weighted by Gasteiger charge is -2.32. The third-order valence-electron chi connectivity index (χ3n) is 5.17. The number of nitrogens with zero attached hydrogens (tertiary/aromatic N) is 1. The number of hydrogen-bond donors (Lipinski definition) is 2. The molecule has 7 nitrogen and oxygen atoms in total. The molecule has 0 saturated carbocycles. The highest BCUT2D eigenvalue weighted by molar-refractivity contribution is 6.56. The van der Waals surface area contributed by atoms with Crippen LogP contribution in [0.1, 0.15) is 54.0 Å². The number of pyridine rings is 1. The summed E-state index contributed by atoms with van der Waals surface area (Å²) in [6.45, 7) is 13.7. The van der Waals surface area contributed by atoms with Gasteiger partial charge < -0.3 is 24.3 Å². The maximum atomic E-state index is 12.2. The van der Waals surface area contributed by atoms with Crippen LogP contribution in [-0.2, 0) is 14.0 Å². The van der Waals surface area contributed by atoms with Crippen molar-refractivity contribution in [1.29, 1.82) is 0 Å². The van der Waals surface area contributed by atoms with Gasteiger partial charge in [0.05, 0.1) is 11.2 Å². The molecule has 3 rings (SSSR count). The Balaban J connectivity index is 1.86. The van der Waals surface area contributed by atoms with Crippen LogP contribution in [-0.4, -0.2) is 46.5 Å². The van der Waals surface area contributed by atoms with Gasteiger partial charge in [0.25, 0.3) is 0 Å². The lowest BCUT2D eigenvalue weighted by Crippen LogP contribution is -2.41. The molecule has 0 radical (unpaired) electrons. The van der Waals surface area contributed by atoms with Crippen LogP contribution < -0.4 is 5.32 Å². The van der Waals surface area contributed by atoms with E-state index in [9.17, 15) is 4.79 Å². The maximum Gasteiger partial charge on any atom is 0.492 e. The summed E-state index contributed by atoms with van der Waals surface area (Å²) in [6.07, 6.45) is 5.08. The SMILES string of the molecule is CC(C)(C)OC(=O)NCC(=Cc1cnc2[nH]ccc2c1)B1OC(C)(C)C(C)(C)O1. The van der Waals surface area contributed by atoms with Gasteiger partial charge in [-0.2, -0.15) is 0 Å². The minimum atomic E-state index is -0.586. The van der Waals surface area contributed by atoms with Gasteiger partial charge in [0.2, 0.25) is 0 Å². The van der Waals surface area contributed by atoms with Crippen molar-refractivity contribution in [1.82, 2.24) is 15.3 Å². The Morgan fingerprint density at radius 3 is 2.55 bits per heavy atom. The fourth-order valence-corrected chi connectivity index (χ4v) is 2.94. The number of carbonyl (C=O) groups is 1. The normalized spacial score (nSPS) is 18.9. The summed E-state index contributed by atoms with van der Waals surface area (Å²) in [4.78, 5) is 19.7. The molecule has 2 N–H and O–H groups in total. The molecule has 0 unspecified atom stereocenters. The molecule has 1 fully saturated rings. The van der Waals surface area contributed by atoms with E-state index in [2.05, 4.69) is 15.3 Å².